The van der Waals surface area contributed by atoms with E-state index in [4.69, 9.17) is 10.2 Å². The van der Waals surface area contributed by atoms with Gasteiger partial charge in [0.15, 0.2) is 0 Å². The molecule has 3 nitrogen and oxygen atoms in total. The molecule has 0 aromatic carbocycles. The summed E-state index contributed by atoms with van der Waals surface area (Å²) in [6.07, 6.45) is 5.41. The van der Waals surface area contributed by atoms with Crippen molar-refractivity contribution in [2.75, 3.05) is 6.54 Å². The van der Waals surface area contributed by atoms with E-state index in [9.17, 15) is 0 Å². The van der Waals surface area contributed by atoms with Crippen LogP contribution in [-0.4, -0.2) is 17.5 Å². The van der Waals surface area contributed by atoms with Crippen molar-refractivity contribution >= 4 is 11.3 Å². The number of aryl methyl sites for hydroxylation is 1. The molecule has 1 aliphatic rings. The van der Waals surface area contributed by atoms with Gasteiger partial charge in [0.2, 0.25) is 0 Å². The zero-order valence-electron chi connectivity index (χ0n) is 11.9. The van der Waals surface area contributed by atoms with E-state index in [0.717, 1.165) is 18.7 Å². The average Bonchev–Trinajstić information content (AvgIpc) is 2.99. The van der Waals surface area contributed by atoms with Crippen LogP contribution >= 0.6 is 11.3 Å². The highest BCUT2D eigenvalue weighted by Crippen LogP contribution is 2.37. The van der Waals surface area contributed by atoms with Gasteiger partial charge in [-0.05, 0) is 43.5 Å². The fraction of sp³-hybridized carbons (Fsp3) is 0.500. The van der Waals surface area contributed by atoms with Crippen molar-refractivity contribution in [1.82, 2.24) is 4.90 Å². The van der Waals surface area contributed by atoms with Crippen molar-refractivity contribution in [2.45, 2.75) is 44.8 Å². The SMILES string of the molecule is CCc1ccc(C(CN)N(Cc2ccco2)C2CC2)s1. The first-order valence-corrected chi connectivity index (χ1v) is 8.20. The van der Waals surface area contributed by atoms with Crippen molar-refractivity contribution < 1.29 is 4.42 Å². The highest BCUT2D eigenvalue weighted by atomic mass is 32.1. The zero-order chi connectivity index (χ0) is 13.9. The molecule has 4 heteroatoms. The smallest absolute Gasteiger partial charge is 0.117 e. The first-order chi connectivity index (χ1) is 9.81. The summed E-state index contributed by atoms with van der Waals surface area (Å²) in [5.74, 6) is 1.03. The van der Waals surface area contributed by atoms with Crippen LogP contribution in [0.3, 0.4) is 0 Å². The number of hydrogen-bond acceptors (Lipinski definition) is 4. The van der Waals surface area contributed by atoms with E-state index in [1.54, 1.807) is 6.26 Å². The second-order valence-electron chi connectivity index (χ2n) is 5.39. The van der Waals surface area contributed by atoms with Crippen LogP contribution < -0.4 is 5.73 Å². The van der Waals surface area contributed by atoms with Crippen molar-refractivity contribution in [3.05, 3.63) is 46.0 Å². The van der Waals surface area contributed by atoms with Gasteiger partial charge in [0.05, 0.1) is 18.8 Å². The second-order valence-corrected chi connectivity index (χ2v) is 6.59. The van der Waals surface area contributed by atoms with E-state index in [1.807, 2.05) is 17.4 Å². The molecule has 2 heterocycles. The van der Waals surface area contributed by atoms with Crippen LogP contribution in [0.15, 0.2) is 34.9 Å². The molecule has 0 radical (unpaired) electrons. The van der Waals surface area contributed by atoms with Gasteiger partial charge in [0, 0.05) is 22.3 Å². The molecule has 0 saturated heterocycles. The summed E-state index contributed by atoms with van der Waals surface area (Å²) in [6.45, 7) is 3.73. The highest BCUT2D eigenvalue weighted by molar-refractivity contribution is 7.12. The van der Waals surface area contributed by atoms with E-state index < -0.39 is 0 Å². The van der Waals surface area contributed by atoms with Gasteiger partial charge >= 0.3 is 0 Å². The molecule has 108 valence electrons. The summed E-state index contributed by atoms with van der Waals surface area (Å²) in [5.41, 5.74) is 6.09. The molecule has 0 bridgehead atoms. The summed E-state index contributed by atoms with van der Waals surface area (Å²) in [6, 6.07) is 9.48. The Bertz CT molecular complexity index is 530. The molecule has 1 fully saturated rings. The Morgan fingerprint density at radius 1 is 1.40 bits per heavy atom. The number of furan rings is 1. The third-order valence-corrected chi connectivity index (χ3v) is 5.25. The minimum atomic E-state index is 0.317. The first-order valence-electron chi connectivity index (χ1n) is 7.38. The normalized spacial score (nSPS) is 16.8. The third kappa shape index (κ3) is 2.97. The largest absolute Gasteiger partial charge is 0.468 e. The Morgan fingerprint density at radius 2 is 2.25 bits per heavy atom. The second kappa shape index (κ2) is 6.12. The average molecular weight is 290 g/mol. The van der Waals surface area contributed by atoms with Gasteiger partial charge in [0.1, 0.15) is 5.76 Å². The minimum absolute atomic E-state index is 0.317. The summed E-state index contributed by atoms with van der Waals surface area (Å²) < 4.78 is 5.52. The van der Waals surface area contributed by atoms with Crippen molar-refractivity contribution in [3.63, 3.8) is 0 Å². The lowest BCUT2D eigenvalue weighted by Gasteiger charge is -2.29. The molecule has 1 saturated carbocycles. The quantitative estimate of drug-likeness (QED) is 0.847. The molecule has 2 aromatic rings. The van der Waals surface area contributed by atoms with Gasteiger partial charge in [0.25, 0.3) is 0 Å². The molecule has 1 aliphatic carbocycles. The fourth-order valence-electron chi connectivity index (χ4n) is 2.66. The van der Waals surface area contributed by atoms with E-state index in [2.05, 4.69) is 30.0 Å². The molecular formula is C16H22N2OS. The molecule has 2 aromatic heterocycles. The molecule has 0 spiro atoms. The number of nitrogens with zero attached hydrogens (tertiary/aromatic N) is 1. The Hall–Kier alpha value is -1.10. The van der Waals surface area contributed by atoms with Crippen LogP contribution in [0.25, 0.3) is 0 Å². The van der Waals surface area contributed by atoms with E-state index >= 15 is 0 Å². The first kappa shape index (κ1) is 13.9. The van der Waals surface area contributed by atoms with Crippen LogP contribution in [0.1, 0.15) is 41.3 Å². The Labute approximate surface area is 124 Å². The van der Waals surface area contributed by atoms with E-state index in [0.29, 0.717) is 18.6 Å². The molecule has 0 aliphatic heterocycles. The van der Waals surface area contributed by atoms with Crippen LogP contribution in [0.5, 0.6) is 0 Å². The third-order valence-electron chi connectivity index (χ3n) is 3.92. The van der Waals surface area contributed by atoms with Crippen molar-refractivity contribution in [1.29, 1.82) is 0 Å². The van der Waals surface area contributed by atoms with Gasteiger partial charge in [-0.15, -0.1) is 11.3 Å². The lowest BCUT2D eigenvalue weighted by Crippen LogP contribution is -2.34. The lowest BCUT2D eigenvalue weighted by molar-refractivity contribution is 0.170. The van der Waals surface area contributed by atoms with Gasteiger partial charge in [-0.25, -0.2) is 0 Å². The number of nitrogens with two attached hydrogens (primary N) is 1. The molecule has 3 rings (SSSR count). The Kier molecular flexibility index (Phi) is 4.24. The number of thiophene rings is 1. The summed E-state index contributed by atoms with van der Waals surface area (Å²) >= 11 is 1.90. The molecular weight excluding hydrogens is 268 g/mol. The van der Waals surface area contributed by atoms with Gasteiger partial charge in [-0.3, -0.25) is 4.90 Å². The van der Waals surface area contributed by atoms with Gasteiger partial charge in [-0.2, -0.15) is 0 Å². The minimum Gasteiger partial charge on any atom is -0.468 e. The van der Waals surface area contributed by atoms with Crippen molar-refractivity contribution in [3.8, 4) is 0 Å². The molecule has 0 amide bonds. The van der Waals surface area contributed by atoms with Crippen LogP contribution in [0.4, 0.5) is 0 Å². The molecule has 1 atom stereocenters. The maximum atomic E-state index is 6.09. The van der Waals surface area contributed by atoms with E-state index in [-0.39, 0.29) is 0 Å². The Balaban J connectivity index is 1.80. The van der Waals surface area contributed by atoms with Crippen LogP contribution in [0, 0.1) is 0 Å². The van der Waals surface area contributed by atoms with Crippen LogP contribution in [-0.2, 0) is 13.0 Å². The number of hydrogen-bond donors (Lipinski definition) is 1. The van der Waals surface area contributed by atoms with Gasteiger partial charge in [-0.1, -0.05) is 6.92 Å². The topological polar surface area (TPSA) is 42.4 Å². The molecule has 1 unspecified atom stereocenters. The maximum Gasteiger partial charge on any atom is 0.117 e. The van der Waals surface area contributed by atoms with Crippen LogP contribution in [0.2, 0.25) is 0 Å². The maximum absolute atomic E-state index is 6.09. The predicted octanol–water partition coefficient (Wildman–Crippen LogP) is 3.57. The summed E-state index contributed by atoms with van der Waals surface area (Å²) in [4.78, 5) is 5.35. The standard InChI is InChI=1S/C16H22N2OS/c1-2-14-7-8-16(20-14)15(10-17)18(12-5-6-12)11-13-4-3-9-19-13/h3-4,7-9,12,15H,2,5-6,10-11,17H2,1H3. The monoisotopic (exact) mass is 290 g/mol. The molecule has 20 heavy (non-hydrogen) atoms. The summed E-state index contributed by atoms with van der Waals surface area (Å²) in [7, 11) is 0. The fourth-order valence-corrected chi connectivity index (χ4v) is 3.75. The summed E-state index contributed by atoms with van der Waals surface area (Å²) in [5, 5.41) is 0. The highest BCUT2D eigenvalue weighted by Gasteiger charge is 2.35. The lowest BCUT2D eigenvalue weighted by atomic mass is 10.2. The predicted molar refractivity (Wildman–Crippen MR) is 82.8 cm³/mol. The van der Waals surface area contributed by atoms with E-state index in [1.165, 1.54) is 22.6 Å². The zero-order valence-corrected chi connectivity index (χ0v) is 12.7. The molecule has 2 N–H and O–H groups in total. The Morgan fingerprint density at radius 3 is 2.80 bits per heavy atom. The number of rotatable bonds is 7. The van der Waals surface area contributed by atoms with Gasteiger partial charge < -0.3 is 10.2 Å². The van der Waals surface area contributed by atoms with Crippen molar-refractivity contribution in [2.24, 2.45) is 5.73 Å².